The molecule has 5 heteroatoms. The molecule has 0 spiro atoms. The van der Waals surface area contributed by atoms with Crippen molar-refractivity contribution in [3.05, 3.63) is 96.1 Å². The van der Waals surface area contributed by atoms with Crippen molar-refractivity contribution in [2.75, 3.05) is 0 Å². The highest BCUT2D eigenvalue weighted by Gasteiger charge is 2.14. The molecule has 144 valence electrons. The van der Waals surface area contributed by atoms with E-state index in [1.807, 2.05) is 36.5 Å². The third kappa shape index (κ3) is 4.20. The number of hydrazone groups is 1. The van der Waals surface area contributed by atoms with Crippen LogP contribution in [0.1, 0.15) is 11.1 Å². The summed E-state index contributed by atoms with van der Waals surface area (Å²) < 4.78 is 2.21. The van der Waals surface area contributed by atoms with Gasteiger partial charge in [-0.05, 0) is 29.4 Å². The second kappa shape index (κ2) is 8.71. The number of aromatic nitrogens is 1. The molecule has 0 unspecified atom stereocenters. The summed E-state index contributed by atoms with van der Waals surface area (Å²) in [6.07, 6.45) is 1.85. The third-order valence-electron chi connectivity index (χ3n) is 4.85. The van der Waals surface area contributed by atoms with Gasteiger partial charge in [-0.2, -0.15) is 5.10 Å². The van der Waals surface area contributed by atoms with Crippen LogP contribution in [0.3, 0.4) is 0 Å². The van der Waals surface area contributed by atoms with Crippen LogP contribution >= 0.6 is 12.2 Å². The van der Waals surface area contributed by atoms with E-state index in [1.54, 1.807) is 0 Å². The maximum atomic E-state index is 5.35. The van der Waals surface area contributed by atoms with Gasteiger partial charge >= 0.3 is 0 Å². The van der Waals surface area contributed by atoms with Crippen LogP contribution in [0.4, 0.5) is 0 Å². The molecule has 4 nitrogen and oxygen atoms in total. The van der Waals surface area contributed by atoms with Crippen LogP contribution in [-0.2, 0) is 13.6 Å². The van der Waals surface area contributed by atoms with Gasteiger partial charge < -0.3 is 9.88 Å². The molecule has 0 fully saturated rings. The zero-order valence-corrected chi connectivity index (χ0v) is 17.0. The van der Waals surface area contributed by atoms with E-state index in [0.717, 1.165) is 27.7 Å². The topological polar surface area (TPSA) is 41.4 Å². The smallest absolute Gasteiger partial charge is 0.187 e. The molecule has 4 aromatic rings. The normalized spacial score (nSPS) is 11.1. The molecule has 3 aromatic carbocycles. The molecule has 0 saturated carbocycles. The third-order valence-corrected chi connectivity index (χ3v) is 5.08. The Hall–Kier alpha value is -3.44. The molecule has 1 heterocycles. The number of rotatable bonds is 5. The lowest BCUT2D eigenvalue weighted by atomic mass is 10.1. The number of nitrogens with one attached hydrogen (secondary N) is 2. The predicted molar refractivity (Wildman–Crippen MR) is 125 cm³/mol. The van der Waals surface area contributed by atoms with E-state index in [4.69, 9.17) is 12.2 Å². The van der Waals surface area contributed by atoms with E-state index in [0.29, 0.717) is 11.7 Å². The number of aryl methyl sites for hydroxylation is 1. The lowest BCUT2D eigenvalue weighted by Gasteiger charge is -2.07. The van der Waals surface area contributed by atoms with E-state index >= 15 is 0 Å². The van der Waals surface area contributed by atoms with Crippen molar-refractivity contribution in [1.82, 2.24) is 15.3 Å². The van der Waals surface area contributed by atoms with Gasteiger partial charge in [-0.3, -0.25) is 5.43 Å². The van der Waals surface area contributed by atoms with Crippen molar-refractivity contribution in [3.63, 3.8) is 0 Å². The Morgan fingerprint density at radius 1 is 0.931 bits per heavy atom. The van der Waals surface area contributed by atoms with Crippen LogP contribution in [0.5, 0.6) is 0 Å². The lowest BCUT2D eigenvalue weighted by Crippen LogP contribution is -2.31. The van der Waals surface area contributed by atoms with Crippen molar-refractivity contribution < 1.29 is 0 Å². The van der Waals surface area contributed by atoms with Gasteiger partial charge in [-0.1, -0.05) is 78.9 Å². The van der Waals surface area contributed by atoms with Crippen molar-refractivity contribution in [2.24, 2.45) is 12.1 Å². The maximum Gasteiger partial charge on any atom is 0.187 e. The van der Waals surface area contributed by atoms with Crippen LogP contribution < -0.4 is 10.7 Å². The van der Waals surface area contributed by atoms with Crippen molar-refractivity contribution in [1.29, 1.82) is 0 Å². The summed E-state index contributed by atoms with van der Waals surface area (Å²) in [5.41, 5.74) is 8.61. The summed E-state index contributed by atoms with van der Waals surface area (Å²) >= 11 is 5.35. The highest BCUT2D eigenvalue weighted by atomic mass is 32.1. The molecule has 0 amide bonds. The Kier molecular flexibility index (Phi) is 5.68. The van der Waals surface area contributed by atoms with Gasteiger partial charge in [-0.15, -0.1) is 0 Å². The van der Waals surface area contributed by atoms with Crippen molar-refractivity contribution in [2.45, 2.75) is 6.54 Å². The minimum Gasteiger partial charge on any atom is -0.357 e. The Morgan fingerprint density at radius 2 is 1.59 bits per heavy atom. The van der Waals surface area contributed by atoms with E-state index in [-0.39, 0.29) is 0 Å². The Labute approximate surface area is 175 Å². The summed E-state index contributed by atoms with van der Waals surface area (Å²) in [5, 5.41) is 9.23. The van der Waals surface area contributed by atoms with Gasteiger partial charge in [-0.25, -0.2) is 0 Å². The summed E-state index contributed by atoms with van der Waals surface area (Å²) in [5.74, 6) is 0. The van der Waals surface area contributed by atoms with E-state index in [2.05, 4.69) is 82.1 Å². The van der Waals surface area contributed by atoms with Gasteiger partial charge in [0.25, 0.3) is 0 Å². The molecule has 0 aliphatic carbocycles. The van der Waals surface area contributed by atoms with Gasteiger partial charge in [0.2, 0.25) is 0 Å². The number of thiocarbonyl (C=S) groups is 1. The van der Waals surface area contributed by atoms with Gasteiger partial charge in [0.05, 0.1) is 11.9 Å². The number of hydrogen-bond acceptors (Lipinski definition) is 2. The highest BCUT2D eigenvalue weighted by molar-refractivity contribution is 7.80. The largest absolute Gasteiger partial charge is 0.357 e. The second-order valence-corrected chi connectivity index (χ2v) is 7.15. The Morgan fingerprint density at radius 3 is 2.34 bits per heavy atom. The Balaban J connectivity index is 1.56. The molecule has 0 atom stereocenters. The van der Waals surface area contributed by atoms with Gasteiger partial charge in [0.1, 0.15) is 0 Å². The molecular weight excluding hydrogens is 376 g/mol. The van der Waals surface area contributed by atoms with Crippen molar-refractivity contribution in [3.8, 4) is 11.3 Å². The summed E-state index contributed by atoms with van der Waals surface area (Å²) in [6, 6.07) is 28.8. The number of para-hydroxylation sites is 1. The maximum absolute atomic E-state index is 5.35. The lowest BCUT2D eigenvalue weighted by molar-refractivity contribution is 0.869. The number of benzene rings is 3. The molecule has 1 aromatic heterocycles. The average Bonchev–Trinajstić information content (AvgIpc) is 3.06. The molecular formula is C24H22N4S. The van der Waals surface area contributed by atoms with Crippen LogP contribution in [0.25, 0.3) is 22.2 Å². The van der Waals surface area contributed by atoms with Gasteiger partial charge in [0, 0.05) is 30.1 Å². The first kappa shape index (κ1) is 18.9. The molecule has 2 N–H and O–H groups in total. The minimum atomic E-state index is 0.492. The zero-order chi connectivity index (χ0) is 20.1. The summed E-state index contributed by atoms with van der Waals surface area (Å²) in [7, 11) is 2.08. The quantitative estimate of drug-likeness (QED) is 0.287. The molecule has 0 aliphatic heterocycles. The molecule has 0 radical (unpaired) electrons. The summed E-state index contributed by atoms with van der Waals surface area (Å²) in [4.78, 5) is 0. The number of fused-ring (bicyclic) bond motifs is 1. The first-order valence-corrected chi connectivity index (χ1v) is 9.88. The predicted octanol–water partition coefficient (Wildman–Crippen LogP) is 4.84. The number of nitrogens with zero attached hydrogens (tertiary/aromatic N) is 2. The minimum absolute atomic E-state index is 0.492. The van der Waals surface area contributed by atoms with Crippen LogP contribution in [0.2, 0.25) is 0 Å². The average molecular weight is 399 g/mol. The SMILES string of the molecule is Cn1c(-c2ccccc2)c(/C=N\NC(=S)NCc2ccccc2)c2ccccc21. The second-order valence-electron chi connectivity index (χ2n) is 6.74. The first-order chi connectivity index (χ1) is 14.2. The summed E-state index contributed by atoms with van der Waals surface area (Å²) in [6.45, 7) is 0.658. The molecule has 0 bridgehead atoms. The molecule has 4 rings (SSSR count). The van der Waals surface area contributed by atoms with E-state index in [9.17, 15) is 0 Å². The van der Waals surface area contributed by atoms with Crippen molar-refractivity contribution >= 4 is 34.4 Å². The van der Waals surface area contributed by atoms with Crippen LogP contribution in [0, 0.1) is 0 Å². The number of hydrogen-bond donors (Lipinski definition) is 2. The fraction of sp³-hybridized carbons (Fsp3) is 0.0833. The fourth-order valence-corrected chi connectivity index (χ4v) is 3.60. The van der Waals surface area contributed by atoms with E-state index < -0.39 is 0 Å². The highest BCUT2D eigenvalue weighted by Crippen LogP contribution is 2.31. The van der Waals surface area contributed by atoms with Crippen LogP contribution in [0.15, 0.2) is 90.0 Å². The molecule has 29 heavy (non-hydrogen) atoms. The monoisotopic (exact) mass is 398 g/mol. The first-order valence-electron chi connectivity index (χ1n) is 9.47. The fourth-order valence-electron chi connectivity index (χ4n) is 3.47. The van der Waals surface area contributed by atoms with E-state index in [1.165, 1.54) is 5.56 Å². The van der Waals surface area contributed by atoms with Crippen LogP contribution in [-0.4, -0.2) is 15.9 Å². The Bertz CT molecular complexity index is 1150. The van der Waals surface area contributed by atoms with Gasteiger partial charge in [0.15, 0.2) is 5.11 Å². The standard InChI is InChI=1S/C24H22N4S/c1-28-22-15-9-8-14-20(22)21(23(28)19-12-6-3-7-13-19)17-26-27-24(29)25-16-18-10-4-2-5-11-18/h2-15,17H,16H2,1H3,(H2,25,27,29)/b26-17-. The zero-order valence-electron chi connectivity index (χ0n) is 16.2. The molecule has 0 saturated heterocycles. The molecule has 0 aliphatic rings.